The lowest BCUT2D eigenvalue weighted by Crippen LogP contribution is -2.30. The molecule has 3 aromatic rings. The van der Waals surface area contributed by atoms with Crippen molar-refractivity contribution in [2.75, 3.05) is 18.0 Å². The number of rotatable bonds is 9. The van der Waals surface area contributed by atoms with Crippen molar-refractivity contribution in [2.24, 2.45) is 5.92 Å². The molecule has 2 aromatic carbocycles. The van der Waals surface area contributed by atoms with Gasteiger partial charge in [-0.25, -0.2) is 4.98 Å². The Labute approximate surface area is 179 Å². The molecule has 1 N–H and O–H groups in total. The molecule has 0 bridgehead atoms. The van der Waals surface area contributed by atoms with Gasteiger partial charge in [0.1, 0.15) is 5.82 Å². The van der Waals surface area contributed by atoms with E-state index in [4.69, 9.17) is 4.98 Å². The normalized spacial score (nSPS) is 14.5. The molecule has 1 fully saturated rings. The summed E-state index contributed by atoms with van der Waals surface area (Å²) in [6.07, 6.45) is 4.51. The molecule has 0 radical (unpaired) electrons. The van der Waals surface area contributed by atoms with Crippen LogP contribution in [0.15, 0.2) is 60.7 Å². The number of anilines is 1. The first-order valence-electron chi connectivity index (χ1n) is 11.2. The molecule has 4 heteroatoms. The molecule has 1 amide bonds. The summed E-state index contributed by atoms with van der Waals surface area (Å²) in [5.41, 5.74) is 2.72. The molecule has 1 heterocycles. The summed E-state index contributed by atoms with van der Waals surface area (Å²) in [4.78, 5) is 20.7. The number of para-hydroxylation sites is 1. The third-order valence-electron chi connectivity index (χ3n) is 5.86. The fraction of sp³-hybridized carbons (Fsp3) is 0.385. The van der Waals surface area contributed by atoms with Crippen LogP contribution in [-0.4, -0.2) is 24.0 Å². The number of aromatic nitrogens is 1. The van der Waals surface area contributed by atoms with Crippen molar-refractivity contribution in [3.63, 3.8) is 0 Å². The van der Waals surface area contributed by atoms with Crippen LogP contribution in [0.2, 0.25) is 0 Å². The van der Waals surface area contributed by atoms with E-state index in [0.717, 1.165) is 54.1 Å². The van der Waals surface area contributed by atoms with Crippen LogP contribution in [0.1, 0.15) is 61.5 Å². The van der Waals surface area contributed by atoms with Crippen LogP contribution in [-0.2, 0) is 0 Å². The number of hydrogen-bond donors (Lipinski definition) is 1. The van der Waals surface area contributed by atoms with E-state index in [2.05, 4.69) is 36.2 Å². The quantitative estimate of drug-likeness (QED) is 0.497. The van der Waals surface area contributed by atoms with Crippen LogP contribution in [0.25, 0.3) is 10.9 Å². The van der Waals surface area contributed by atoms with Gasteiger partial charge in [-0.15, -0.1) is 0 Å². The van der Waals surface area contributed by atoms with Crippen LogP contribution in [0, 0.1) is 5.92 Å². The number of carbonyl (C=O) groups is 1. The van der Waals surface area contributed by atoms with Gasteiger partial charge in [-0.3, -0.25) is 4.79 Å². The van der Waals surface area contributed by atoms with Crippen LogP contribution in [0.4, 0.5) is 5.82 Å². The van der Waals surface area contributed by atoms with Crippen molar-refractivity contribution < 1.29 is 4.79 Å². The summed E-state index contributed by atoms with van der Waals surface area (Å²) in [7, 11) is 0. The number of fused-ring (bicyclic) bond motifs is 1. The first-order chi connectivity index (χ1) is 14.7. The Morgan fingerprint density at radius 2 is 1.83 bits per heavy atom. The van der Waals surface area contributed by atoms with Crippen molar-refractivity contribution in [1.82, 2.24) is 10.3 Å². The Kier molecular flexibility index (Phi) is 6.32. The molecular formula is C26H31N3O. The van der Waals surface area contributed by atoms with Gasteiger partial charge < -0.3 is 10.2 Å². The molecule has 0 saturated heterocycles. The Balaban J connectivity index is 1.68. The number of hydrogen-bond acceptors (Lipinski definition) is 3. The van der Waals surface area contributed by atoms with Gasteiger partial charge in [-0.1, -0.05) is 62.4 Å². The highest BCUT2D eigenvalue weighted by Crippen LogP contribution is 2.32. The average molecular weight is 402 g/mol. The number of amides is 1. The molecule has 1 aliphatic carbocycles. The van der Waals surface area contributed by atoms with Gasteiger partial charge in [-0.2, -0.15) is 0 Å². The third-order valence-corrected chi connectivity index (χ3v) is 5.86. The average Bonchev–Trinajstić information content (AvgIpc) is 3.61. The number of carbonyl (C=O) groups excluding carboxylic acids is 1. The fourth-order valence-corrected chi connectivity index (χ4v) is 4.04. The SMILES string of the molecule is CCCN(CC1CC1)c1cc(C(=O)N[C@@H](CC)c2ccccc2)c2ccccc2n1. The maximum absolute atomic E-state index is 13.4. The van der Waals surface area contributed by atoms with Crippen molar-refractivity contribution >= 4 is 22.6 Å². The topological polar surface area (TPSA) is 45.2 Å². The number of nitrogens with one attached hydrogen (secondary N) is 1. The smallest absolute Gasteiger partial charge is 0.252 e. The molecule has 4 nitrogen and oxygen atoms in total. The molecular weight excluding hydrogens is 370 g/mol. The summed E-state index contributed by atoms with van der Waals surface area (Å²) < 4.78 is 0. The van der Waals surface area contributed by atoms with Gasteiger partial charge in [0, 0.05) is 18.5 Å². The zero-order valence-corrected chi connectivity index (χ0v) is 18.0. The summed E-state index contributed by atoms with van der Waals surface area (Å²) in [5, 5.41) is 4.16. The van der Waals surface area contributed by atoms with Crippen LogP contribution >= 0.6 is 0 Å². The van der Waals surface area contributed by atoms with Gasteiger partial charge in [0.15, 0.2) is 0 Å². The second-order valence-corrected chi connectivity index (χ2v) is 8.28. The van der Waals surface area contributed by atoms with E-state index in [1.165, 1.54) is 12.8 Å². The zero-order valence-electron chi connectivity index (χ0n) is 18.0. The van der Waals surface area contributed by atoms with Crippen molar-refractivity contribution in [2.45, 2.75) is 45.6 Å². The largest absolute Gasteiger partial charge is 0.356 e. The minimum Gasteiger partial charge on any atom is -0.356 e. The molecule has 0 unspecified atom stereocenters. The van der Waals surface area contributed by atoms with E-state index in [1.807, 2.05) is 48.5 Å². The first kappa shape index (κ1) is 20.4. The van der Waals surface area contributed by atoms with Crippen LogP contribution < -0.4 is 10.2 Å². The Morgan fingerprint density at radius 1 is 1.10 bits per heavy atom. The summed E-state index contributed by atoms with van der Waals surface area (Å²) >= 11 is 0. The predicted octanol–water partition coefficient (Wildman–Crippen LogP) is 5.74. The molecule has 0 aliphatic heterocycles. The van der Waals surface area contributed by atoms with Gasteiger partial charge in [0.25, 0.3) is 5.91 Å². The lowest BCUT2D eigenvalue weighted by molar-refractivity contribution is 0.0937. The molecule has 156 valence electrons. The molecule has 4 rings (SSSR count). The molecule has 1 saturated carbocycles. The first-order valence-corrected chi connectivity index (χ1v) is 11.2. The van der Waals surface area contributed by atoms with E-state index in [9.17, 15) is 4.79 Å². The maximum Gasteiger partial charge on any atom is 0.252 e. The molecule has 1 aliphatic rings. The summed E-state index contributed by atoms with van der Waals surface area (Å²) in [5.74, 6) is 1.65. The highest BCUT2D eigenvalue weighted by Gasteiger charge is 2.26. The Bertz CT molecular complexity index is 998. The van der Waals surface area contributed by atoms with Crippen molar-refractivity contribution in [3.8, 4) is 0 Å². The highest BCUT2D eigenvalue weighted by molar-refractivity contribution is 6.07. The zero-order chi connectivity index (χ0) is 20.9. The standard InChI is InChI=1S/C26H31N3O/c1-3-16-29(18-19-14-15-19)25-17-22(21-12-8-9-13-24(21)27-25)26(30)28-23(4-2)20-10-6-5-7-11-20/h5-13,17,19,23H,3-4,14-16,18H2,1-2H3,(H,28,30)/t23-/m0/s1. The minimum atomic E-state index is -0.0339. The fourth-order valence-electron chi connectivity index (χ4n) is 4.04. The van der Waals surface area contributed by atoms with E-state index < -0.39 is 0 Å². The Hall–Kier alpha value is -2.88. The molecule has 30 heavy (non-hydrogen) atoms. The van der Waals surface area contributed by atoms with E-state index in [1.54, 1.807) is 0 Å². The van der Waals surface area contributed by atoms with E-state index >= 15 is 0 Å². The summed E-state index contributed by atoms with van der Waals surface area (Å²) in [6.45, 7) is 6.29. The molecule has 1 aromatic heterocycles. The van der Waals surface area contributed by atoms with Crippen LogP contribution in [0.5, 0.6) is 0 Å². The van der Waals surface area contributed by atoms with Crippen molar-refractivity contribution in [3.05, 3.63) is 71.8 Å². The monoisotopic (exact) mass is 401 g/mol. The van der Waals surface area contributed by atoms with E-state index in [0.29, 0.717) is 5.56 Å². The van der Waals surface area contributed by atoms with Gasteiger partial charge in [0.05, 0.1) is 17.1 Å². The number of nitrogens with zero attached hydrogens (tertiary/aromatic N) is 2. The van der Waals surface area contributed by atoms with Gasteiger partial charge >= 0.3 is 0 Å². The third kappa shape index (κ3) is 4.64. The predicted molar refractivity (Wildman–Crippen MR) is 124 cm³/mol. The van der Waals surface area contributed by atoms with E-state index in [-0.39, 0.29) is 11.9 Å². The molecule has 1 atom stereocenters. The van der Waals surface area contributed by atoms with Gasteiger partial charge in [-0.05, 0) is 49.3 Å². The minimum absolute atomic E-state index is 0.00714. The second-order valence-electron chi connectivity index (χ2n) is 8.28. The van der Waals surface area contributed by atoms with Crippen LogP contribution in [0.3, 0.4) is 0 Å². The lowest BCUT2D eigenvalue weighted by Gasteiger charge is -2.25. The maximum atomic E-state index is 13.4. The van der Waals surface area contributed by atoms with Gasteiger partial charge in [0.2, 0.25) is 0 Å². The highest BCUT2D eigenvalue weighted by atomic mass is 16.1. The lowest BCUT2D eigenvalue weighted by atomic mass is 10.0. The molecule has 0 spiro atoms. The number of benzene rings is 2. The number of pyridine rings is 1. The van der Waals surface area contributed by atoms with Crippen molar-refractivity contribution in [1.29, 1.82) is 0 Å². The summed E-state index contributed by atoms with van der Waals surface area (Å²) in [6, 6.07) is 20.1. The second kappa shape index (κ2) is 9.29. The Morgan fingerprint density at radius 3 is 2.53 bits per heavy atom.